The Labute approximate surface area is 230 Å². The van der Waals surface area contributed by atoms with Crippen LogP contribution in [0.15, 0.2) is 70.7 Å². The number of carboxylic acid groups (broad SMARTS) is 1. The first-order chi connectivity index (χ1) is 18.2. The second-order valence-corrected chi connectivity index (χ2v) is 9.20. The summed E-state index contributed by atoms with van der Waals surface area (Å²) in [6.07, 6.45) is 1.36. The molecule has 0 saturated carbocycles. The third-order valence-electron chi connectivity index (χ3n) is 5.42. The summed E-state index contributed by atoms with van der Waals surface area (Å²) in [7, 11) is 0. The maximum absolute atomic E-state index is 14.4. The summed E-state index contributed by atoms with van der Waals surface area (Å²) < 4.78 is 26.6. The van der Waals surface area contributed by atoms with Gasteiger partial charge in [0.15, 0.2) is 16.6 Å². The molecule has 3 aromatic carbocycles. The minimum atomic E-state index is -1.02. The third kappa shape index (κ3) is 5.74. The van der Waals surface area contributed by atoms with E-state index in [1.807, 2.05) is 0 Å². The Morgan fingerprint density at radius 1 is 1.13 bits per heavy atom. The lowest BCUT2D eigenvalue weighted by atomic mass is 10.1. The van der Waals surface area contributed by atoms with Gasteiger partial charge in [-0.05, 0) is 88.7 Å². The van der Waals surface area contributed by atoms with Crippen molar-refractivity contribution in [1.29, 1.82) is 0 Å². The molecule has 0 bridgehead atoms. The SMILES string of the molecule is CCOc1cc(/C=C2\C(=O)NC(=S)N(c3ccccc3F)C2=O)cc(Br)c1OCc1ccc(C(=O)O)cc1. The molecule has 1 aliphatic heterocycles. The number of para-hydroxylation sites is 1. The number of ether oxygens (including phenoxy) is 2. The molecule has 38 heavy (non-hydrogen) atoms. The average Bonchev–Trinajstić information content (AvgIpc) is 2.87. The molecule has 4 rings (SSSR count). The van der Waals surface area contributed by atoms with Crippen molar-refractivity contribution in [2.75, 3.05) is 11.5 Å². The van der Waals surface area contributed by atoms with Gasteiger partial charge in [-0.15, -0.1) is 0 Å². The number of hydrogen-bond acceptors (Lipinski definition) is 6. The van der Waals surface area contributed by atoms with Gasteiger partial charge in [-0.25, -0.2) is 14.1 Å². The molecule has 2 amide bonds. The van der Waals surface area contributed by atoms with Crippen molar-refractivity contribution < 1.29 is 33.4 Å². The number of carboxylic acids is 1. The van der Waals surface area contributed by atoms with E-state index < -0.39 is 23.6 Å². The van der Waals surface area contributed by atoms with Crippen LogP contribution in [-0.2, 0) is 16.2 Å². The molecule has 2 N–H and O–H groups in total. The van der Waals surface area contributed by atoms with Crippen molar-refractivity contribution in [3.63, 3.8) is 0 Å². The zero-order chi connectivity index (χ0) is 27.4. The molecule has 194 valence electrons. The van der Waals surface area contributed by atoms with Crippen molar-refractivity contribution in [1.82, 2.24) is 5.32 Å². The molecule has 0 aromatic heterocycles. The minimum Gasteiger partial charge on any atom is -0.490 e. The van der Waals surface area contributed by atoms with Crippen molar-refractivity contribution in [2.24, 2.45) is 0 Å². The van der Waals surface area contributed by atoms with Gasteiger partial charge in [-0.3, -0.25) is 14.9 Å². The van der Waals surface area contributed by atoms with Crippen LogP contribution in [-0.4, -0.2) is 34.6 Å². The fourth-order valence-electron chi connectivity index (χ4n) is 3.65. The number of anilines is 1. The van der Waals surface area contributed by atoms with Gasteiger partial charge in [0.25, 0.3) is 11.8 Å². The molecular formula is C27H20BrFN2O6S. The first-order valence-corrected chi connectivity index (χ1v) is 12.5. The summed E-state index contributed by atoms with van der Waals surface area (Å²) >= 11 is 8.59. The van der Waals surface area contributed by atoms with E-state index in [1.165, 1.54) is 36.4 Å². The summed E-state index contributed by atoms with van der Waals surface area (Å²) in [5, 5.41) is 11.3. The minimum absolute atomic E-state index is 0.0790. The quantitative estimate of drug-likeness (QED) is 0.211. The van der Waals surface area contributed by atoms with Gasteiger partial charge >= 0.3 is 5.97 Å². The highest BCUT2D eigenvalue weighted by molar-refractivity contribution is 9.10. The maximum atomic E-state index is 14.4. The molecular weight excluding hydrogens is 579 g/mol. The molecule has 0 spiro atoms. The number of halogens is 2. The molecule has 0 atom stereocenters. The van der Waals surface area contributed by atoms with Gasteiger partial charge in [0.2, 0.25) is 0 Å². The van der Waals surface area contributed by atoms with Gasteiger partial charge in [-0.1, -0.05) is 24.3 Å². The van der Waals surface area contributed by atoms with Crippen LogP contribution in [0.4, 0.5) is 10.1 Å². The zero-order valence-corrected chi connectivity index (χ0v) is 22.3. The van der Waals surface area contributed by atoms with Gasteiger partial charge in [0.05, 0.1) is 22.3 Å². The predicted octanol–water partition coefficient (Wildman–Crippen LogP) is 5.10. The Morgan fingerprint density at radius 3 is 2.50 bits per heavy atom. The molecule has 1 aliphatic rings. The van der Waals surface area contributed by atoms with Crippen molar-refractivity contribution in [3.8, 4) is 11.5 Å². The summed E-state index contributed by atoms with van der Waals surface area (Å²) in [5.41, 5.74) is 1.02. The molecule has 0 unspecified atom stereocenters. The molecule has 0 aliphatic carbocycles. The summed E-state index contributed by atoms with van der Waals surface area (Å²) in [5.74, 6) is -2.45. The lowest BCUT2D eigenvalue weighted by Crippen LogP contribution is -2.54. The van der Waals surface area contributed by atoms with E-state index >= 15 is 0 Å². The lowest BCUT2D eigenvalue weighted by molar-refractivity contribution is -0.122. The normalized spacial score (nSPS) is 14.4. The van der Waals surface area contributed by atoms with Crippen LogP contribution in [0.5, 0.6) is 11.5 Å². The van der Waals surface area contributed by atoms with E-state index in [9.17, 15) is 18.8 Å². The van der Waals surface area contributed by atoms with Crippen molar-refractivity contribution >= 4 is 62.8 Å². The van der Waals surface area contributed by atoms with E-state index in [0.29, 0.717) is 28.1 Å². The lowest BCUT2D eigenvalue weighted by Gasteiger charge is -2.29. The number of rotatable bonds is 8. The molecule has 1 saturated heterocycles. The number of carbonyl (C=O) groups excluding carboxylic acids is 2. The van der Waals surface area contributed by atoms with Crippen molar-refractivity contribution in [3.05, 3.63) is 93.2 Å². The van der Waals surface area contributed by atoms with Crippen LogP contribution < -0.4 is 19.7 Å². The van der Waals surface area contributed by atoms with Crippen molar-refractivity contribution in [2.45, 2.75) is 13.5 Å². The van der Waals surface area contributed by atoms with E-state index in [1.54, 1.807) is 37.3 Å². The summed E-state index contributed by atoms with van der Waals surface area (Å²) in [6, 6.07) is 15.1. The second kappa shape index (κ2) is 11.5. The van der Waals surface area contributed by atoms with Crippen LogP contribution in [0.3, 0.4) is 0 Å². The molecule has 3 aromatic rings. The van der Waals surface area contributed by atoms with Crippen LogP contribution >= 0.6 is 28.1 Å². The zero-order valence-electron chi connectivity index (χ0n) is 19.9. The highest BCUT2D eigenvalue weighted by Crippen LogP contribution is 2.38. The highest BCUT2D eigenvalue weighted by atomic mass is 79.9. The first kappa shape index (κ1) is 27.0. The van der Waals surface area contributed by atoms with Crippen LogP contribution in [0.25, 0.3) is 6.08 Å². The third-order valence-corrected chi connectivity index (χ3v) is 6.30. The van der Waals surface area contributed by atoms with E-state index in [0.717, 1.165) is 10.5 Å². The van der Waals surface area contributed by atoms with Crippen LogP contribution in [0.1, 0.15) is 28.4 Å². The fraction of sp³-hybridized carbons (Fsp3) is 0.111. The summed E-state index contributed by atoms with van der Waals surface area (Å²) in [6.45, 7) is 2.23. The van der Waals surface area contributed by atoms with Gasteiger partial charge in [-0.2, -0.15) is 0 Å². The largest absolute Gasteiger partial charge is 0.490 e. The van der Waals surface area contributed by atoms with Crippen LogP contribution in [0, 0.1) is 5.82 Å². The second-order valence-electron chi connectivity index (χ2n) is 7.96. The fourth-order valence-corrected chi connectivity index (χ4v) is 4.50. The van der Waals surface area contributed by atoms with Crippen LogP contribution in [0.2, 0.25) is 0 Å². The predicted molar refractivity (Wildman–Crippen MR) is 146 cm³/mol. The Bertz CT molecular complexity index is 1470. The molecule has 1 fully saturated rings. The number of hydrogen-bond donors (Lipinski definition) is 2. The number of carbonyl (C=O) groups is 3. The Kier molecular flexibility index (Phi) is 8.18. The Balaban J connectivity index is 1.64. The number of thiocarbonyl (C=S) groups is 1. The van der Waals surface area contributed by atoms with Gasteiger partial charge in [0, 0.05) is 0 Å². The topological polar surface area (TPSA) is 105 Å². The summed E-state index contributed by atoms with van der Waals surface area (Å²) in [4.78, 5) is 37.9. The Morgan fingerprint density at radius 2 is 1.84 bits per heavy atom. The maximum Gasteiger partial charge on any atom is 0.335 e. The monoisotopic (exact) mass is 598 g/mol. The standard InChI is InChI=1S/C27H20BrFN2O6S/c1-2-36-22-13-16(12-19(28)23(22)37-14-15-7-9-17(10-8-15)26(34)35)11-18-24(32)30-27(38)31(25(18)33)21-6-4-3-5-20(21)29/h3-13H,2,14H2,1H3,(H,34,35)(H,30,32,38)/b18-11+. The molecule has 11 heteroatoms. The Hall–Kier alpha value is -4.09. The smallest absolute Gasteiger partial charge is 0.335 e. The van der Waals surface area contributed by atoms with E-state index in [2.05, 4.69) is 21.2 Å². The van der Waals surface area contributed by atoms with Gasteiger partial charge < -0.3 is 14.6 Å². The number of aromatic carboxylic acids is 1. The first-order valence-electron chi connectivity index (χ1n) is 11.3. The number of nitrogens with zero attached hydrogens (tertiary/aromatic N) is 1. The van der Waals surface area contributed by atoms with E-state index in [-0.39, 0.29) is 28.5 Å². The molecule has 0 radical (unpaired) electrons. The molecule has 1 heterocycles. The number of nitrogens with one attached hydrogen (secondary N) is 1. The van der Waals surface area contributed by atoms with Gasteiger partial charge in [0.1, 0.15) is 18.0 Å². The van der Waals surface area contributed by atoms with E-state index in [4.69, 9.17) is 26.8 Å². The average molecular weight is 599 g/mol. The molecule has 8 nitrogen and oxygen atoms in total. The highest BCUT2D eigenvalue weighted by Gasteiger charge is 2.35. The number of benzene rings is 3. The number of amides is 2.